The molecular formula is C17H22N2O2. The van der Waals surface area contributed by atoms with E-state index in [1.165, 1.54) is 0 Å². The Bertz CT molecular complexity index is 563. The molecule has 0 amide bonds. The Labute approximate surface area is 126 Å². The summed E-state index contributed by atoms with van der Waals surface area (Å²) in [5, 5.41) is 3.38. The maximum absolute atomic E-state index is 5.46. The minimum atomic E-state index is 0.787. The number of aromatic nitrogens is 1. The molecule has 0 fully saturated rings. The molecule has 2 aromatic rings. The van der Waals surface area contributed by atoms with Crippen LogP contribution in [-0.2, 0) is 6.54 Å². The van der Waals surface area contributed by atoms with Gasteiger partial charge in [-0.2, -0.15) is 0 Å². The molecule has 0 unspecified atom stereocenters. The number of methoxy groups -OCH3 is 2. The predicted octanol–water partition coefficient (Wildman–Crippen LogP) is 3.27. The summed E-state index contributed by atoms with van der Waals surface area (Å²) in [6.07, 6.45) is 4.84. The fourth-order valence-corrected chi connectivity index (χ4v) is 2.27. The molecule has 2 rings (SSSR count). The Kier molecular flexibility index (Phi) is 5.58. The van der Waals surface area contributed by atoms with Crippen molar-refractivity contribution in [2.75, 3.05) is 20.8 Å². The smallest absolute Gasteiger partial charge is 0.130 e. The minimum Gasteiger partial charge on any atom is -0.496 e. The molecule has 0 bridgehead atoms. The Morgan fingerprint density at radius 1 is 1.10 bits per heavy atom. The third kappa shape index (κ3) is 3.73. The number of rotatable bonds is 7. The monoisotopic (exact) mass is 286 g/mol. The first-order chi connectivity index (χ1) is 10.3. The second-order valence-electron chi connectivity index (χ2n) is 4.80. The minimum absolute atomic E-state index is 0.787. The van der Waals surface area contributed by atoms with E-state index in [2.05, 4.69) is 23.3 Å². The lowest BCUT2D eigenvalue weighted by atomic mass is 10.0. The SMILES string of the molecule is CCCNCc1cncc(-c2c(OC)cccc2OC)c1. The highest BCUT2D eigenvalue weighted by Gasteiger charge is 2.12. The van der Waals surface area contributed by atoms with Crippen LogP contribution < -0.4 is 14.8 Å². The van der Waals surface area contributed by atoms with Crippen LogP contribution in [0.3, 0.4) is 0 Å². The third-order valence-corrected chi connectivity index (χ3v) is 3.27. The Morgan fingerprint density at radius 3 is 2.43 bits per heavy atom. The van der Waals surface area contributed by atoms with E-state index >= 15 is 0 Å². The molecule has 112 valence electrons. The third-order valence-electron chi connectivity index (χ3n) is 3.27. The largest absolute Gasteiger partial charge is 0.496 e. The van der Waals surface area contributed by atoms with Crippen LogP contribution in [0.25, 0.3) is 11.1 Å². The van der Waals surface area contributed by atoms with Crippen molar-refractivity contribution in [2.45, 2.75) is 19.9 Å². The lowest BCUT2D eigenvalue weighted by Gasteiger charge is -2.13. The number of hydrogen-bond donors (Lipinski definition) is 1. The van der Waals surface area contributed by atoms with Crippen molar-refractivity contribution >= 4 is 0 Å². The molecule has 1 aromatic carbocycles. The lowest BCUT2D eigenvalue weighted by Crippen LogP contribution is -2.13. The normalized spacial score (nSPS) is 10.4. The maximum Gasteiger partial charge on any atom is 0.130 e. The first-order valence-electron chi connectivity index (χ1n) is 7.16. The summed E-state index contributed by atoms with van der Waals surface area (Å²) < 4.78 is 10.9. The summed E-state index contributed by atoms with van der Waals surface area (Å²) in [6, 6.07) is 7.90. The van der Waals surface area contributed by atoms with Crippen molar-refractivity contribution in [3.05, 3.63) is 42.2 Å². The fraction of sp³-hybridized carbons (Fsp3) is 0.353. The molecule has 1 N–H and O–H groups in total. The molecule has 0 aliphatic heterocycles. The molecule has 4 heteroatoms. The summed E-state index contributed by atoms with van der Waals surface area (Å²) >= 11 is 0. The Hall–Kier alpha value is -2.07. The molecule has 0 aliphatic rings. The van der Waals surface area contributed by atoms with Gasteiger partial charge in [0.25, 0.3) is 0 Å². The van der Waals surface area contributed by atoms with Crippen LogP contribution in [0.15, 0.2) is 36.7 Å². The molecule has 0 aliphatic carbocycles. The molecule has 1 heterocycles. The van der Waals surface area contributed by atoms with E-state index < -0.39 is 0 Å². The summed E-state index contributed by atoms with van der Waals surface area (Å²) in [5.74, 6) is 1.57. The number of benzene rings is 1. The van der Waals surface area contributed by atoms with Crippen molar-refractivity contribution in [3.63, 3.8) is 0 Å². The second-order valence-corrected chi connectivity index (χ2v) is 4.80. The first kappa shape index (κ1) is 15.3. The van der Waals surface area contributed by atoms with Crippen molar-refractivity contribution in [3.8, 4) is 22.6 Å². The number of nitrogens with zero attached hydrogens (tertiary/aromatic N) is 1. The molecule has 0 spiro atoms. The molecule has 21 heavy (non-hydrogen) atoms. The van der Waals surface area contributed by atoms with Crippen LogP contribution in [0.5, 0.6) is 11.5 Å². The summed E-state index contributed by atoms with van der Waals surface area (Å²) in [4.78, 5) is 4.34. The number of ether oxygens (including phenoxy) is 2. The average molecular weight is 286 g/mol. The van der Waals surface area contributed by atoms with Crippen molar-refractivity contribution in [2.24, 2.45) is 0 Å². The predicted molar refractivity (Wildman–Crippen MR) is 84.8 cm³/mol. The Balaban J connectivity index is 2.35. The van der Waals surface area contributed by atoms with Gasteiger partial charge in [-0.3, -0.25) is 4.98 Å². The van der Waals surface area contributed by atoms with E-state index in [1.54, 1.807) is 14.2 Å². The van der Waals surface area contributed by atoms with Gasteiger partial charge >= 0.3 is 0 Å². The van der Waals surface area contributed by atoms with Gasteiger partial charge in [-0.15, -0.1) is 0 Å². The van der Waals surface area contributed by atoms with Crippen molar-refractivity contribution < 1.29 is 9.47 Å². The van der Waals surface area contributed by atoms with Crippen LogP contribution in [-0.4, -0.2) is 25.7 Å². The molecule has 0 radical (unpaired) electrons. The van der Waals surface area contributed by atoms with Gasteiger partial charge in [0.15, 0.2) is 0 Å². The summed E-state index contributed by atoms with van der Waals surface area (Å²) in [7, 11) is 3.33. The summed E-state index contributed by atoms with van der Waals surface area (Å²) in [5.41, 5.74) is 3.08. The molecule has 0 atom stereocenters. The van der Waals surface area contributed by atoms with E-state index in [0.29, 0.717) is 0 Å². The number of hydrogen-bond acceptors (Lipinski definition) is 4. The van der Waals surface area contributed by atoms with Gasteiger partial charge in [0.1, 0.15) is 11.5 Å². The van der Waals surface area contributed by atoms with Crippen LogP contribution in [0, 0.1) is 0 Å². The maximum atomic E-state index is 5.46. The quantitative estimate of drug-likeness (QED) is 0.793. The highest BCUT2D eigenvalue weighted by atomic mass is 16.5. The van der Waals surface area contributed by atoms with Crippen LogP contribution in [0.4, 0.5) is 0 Å². The molecule has 1 aromatic heterocycles. The van der Waals surface area contributed by atoms with Gasteiger partial charge in [-0.1, -0.05) is 13.0 Å². The van der Waals surface area contributed by atoms with Crippen LogP contribution >= 0.6 is 0 Å². The number of pyridine rings is 1. The standard InChI is InChI=1S/C17H22N2O2/c1-4-8-18-10-13-9-14(12-19-11-13)17-15(20-2)6-5-7-16(17)21-3/h5-7,9,11-12,18H,4,8,10H2,1-3H3. The average Bonchev–Trinajstić information content (AvgIpc) is 2.54. The van der Waals surface area contributed by atoms with Crippen molar-refractivity contribution in [1.82, 2.24) is 10.3 Å². The molecular weight excluding hydrogens is 264 g/mol. The van der Waals surface area contributed by atoms with E-state index in [4.69, 9.17) is 9.47 Å². The van der Waals surface area contributed by atoms with Crippen LogP contribution in [0.2, 0.25) is 0 Å². The molecule has 0 saturated carbocycles. The zero-order valence-corrected chi connectivity index (χ0v) is 12.8. The van der Waals surface area contributed by atoms with Gasteiger partial charge in [-0.25, -0.2) is 0 Å². The van der Waals surface area contributed by atoms with Gasteiger partial charge in [0, 0.05) is 24.5 Å². The van der Waals surface area contributed by atoms with Crippen LogP contribution in [0.1, 0.15) is 18.9 Å². The van der Waals surface area contributed by atoms with Gasteiger partial charge in [0.05, 0.1) is 19.8 Å². The zero-order chi connectivity index (χ0) is 15.1. The van der Waals surface area contributed by atoms with E-state index in [-0.39, 0.29) is 0 Å². The van der Waals surface area contributed by atoms with E-state index in [9.17, 15) is 0 Å². The van der Waals surface area contributed by atoms with Gasteiger partial charge in [0.2, 0.25) is 0 Å². The zero-order valence-electron chi connectivity index (χ0n) is 12.8. The Morgan fingerprint density at radius 2 is 1.81 bits per heavy atom. The van der Waals surface area contributed by atoms with Crippen molar-refractivity contribution in [1.29, 1.82) is 0 Å². The molecule has 0 saturated heterocycles. The van der Waals surface area contributed by atoms with Gasteiger partial charge in [-0.05, 0) is 36.7 Å². The second kappa shape index (κ2) is 7.64. The lowest BCUT2D eigenvalue weighted by molar-refractivity contribution is 0.397. The topological polar surface area (TPSA) is 43.4 Å². The highest BCUT2D eigenvalue weighted by Crippen LogP contribution is 2.37. The first-order valence-corrected chi connectivity index (χ1v) is 7.16. The highest BCUT2D eigenvalue weighted by molar-refractivity contribution is 5.76. The van der Waals surface area contributed by atoms with Gasteiger partial charge < -0.3 is 14.8 Å². The fourth-order valence-electron chi connectivity index (χ4n) is 2.27. The summed E-state index contributed by atoms with van der Waals surface area (Å²) in [6.45, 7) is 3.97. The van der Waals surface area contributed by atoms with E-state index in [1.807, 2.05) is 30.6 Å². The van der Waals surface area contributed by atoms with E-state index in [0.717, 1.165) is 47.7 Å². The molecule has 4 nitrogen and oxygen atoms in total. The number of nitrogens with one attached hydrogen (secondary N) is 1.